The van der Waals surface area contributed by atoms with Crippen molar-refractivity contribution in [2.45, 2.75) is 74.8 Å². The molecule has 2 amide bonds. The zero-order chi connectivity index (χ0) is 27.0. The molecule has 37 heavy (non-hydrogen) atoms. The van der Waals surface area contributed by atoms with Gasteiger partial charge in [0.1, 0.15) is 6.04 Å². The van der Waals surface area contributed by atoms with E-state index in [9.17, 15) is 41.2 Å². The molecule has 3 saturated heterocycles. The van der Waals surface area contributed by atoms with Gasteiger partial charge in [0.05, 0.1) is 35.3 Å². The highest BCUT2D eigenvalue weighted by Gasteiger charge is 2.56. The number of fused-ring (bicyclic) bond motifs is 3. The van der Waals surface area contributed by atoms with E-state index in [0.717, 1.165) is 6.42 Å². The molecule has 7 atom stereocenters. The van der Waals surface area contributed by atoms with Gasteiger partial charge in [-0.15, -0.1) is 0 Å². The lowest BCUT2D eigenvalue weighted by molar-refractivity contribution is -0.143. The van der Waals surface area contributed by atoms with Crippen molar-refractivity contribution >= 4 is 11.8 Å². The number of piperazine rings is 1. The van der Waals surface area contributed by atoms with Crippen molar-refractivity contribution in [2.75, 3.05) is 13.1 Å². The van der Waals surface area contributed by atoms with E-state index in [1.54, 1.807) is 9.80 Å². The molecule has 0 radical (unpaired) electrons. The Kier molecular flexibility index (Phi) is 5.99. The molecule has 3 heterocycles. The number of benzene rings is 1. The van der Waals surface area contributed by atoms with Gasteiger partial charge >= 0.3 is 12.4 Å². The Morgan fingerprint density at radius 3 is 2.27 bits per heavy atom. The summed E-state index contributed by atoms with van der Waals surface area (Å²) in [6.07, 6.45) is -8.15. The molecule has 1 aliphatic carbocycles. The van der Waals surface area contributed by atoms with Gasteiger partial charge in [0.2, 0.25) is 11.8 Å². The summed E-state index contributed by atoms with van der Waals surface area (Å²) >= 11 is 0. The molecular formula is C24H25F6N5O2. The summed E-state index contributed by atoms with van der Waals surface area (Å²) in [6.45, 7) is 1.78. The highest BCUT2D eigenvalue weighted by atomic mass is 19.4. The van der Waals surface area contributed by atoms with Crippen LogP contribution in [0.2, 0.25) is 0 Å². The van der Waals surface area contributed by atoms with Gasteiger partial charge < -0.3 is 15.5 Å². The molecule has 4 fully saturated rings. The van der Waals surface area contributed by atoms with Gasteiger partial charge in [0.15, 0.2) is 0 Å². The second kappa shape index (κ2) is 8.59. The first-order valence-electron chi connectivity index (χ1n) is 12.0. The molecule has 0 aromatic heterocycles. The Hall–Kier alpha value is -2.85. The van der Waals surface area contributed by atoms with Gasteiger partial charge in [0.25, 0.3) is 0 Å². The van der Waals surface area contributed by atoms with E-state index < -0.39 is 59.6 Å². The van der Waals surface area contributed by atoms with Crippen molar-refractivity contribution < 1.29 is 35.9 Å². The maximum Gasteiger partial charge on any atom is 0.416 e. The minimum atomic E-state index is -4.98. The van der Waals surface area contributed by atoms with E-state index in [-0.39, 0.29) is 30.1 Å². The fraction of sp³-hybridized carbons (Fsp3) is 0.625. The Bertz CT molecular complexity index is 1130. The molecular weight excluding hydrogens is 504 g/mol. The smallest absolute Gasteiger partial charge is 0.330 e. The number of halogens is 6. The zero-order valence-corrected chi connectivity index (χ0v) is 19.8. The number of nitrogens with zero attached hydrogens (tertiary/aromatic N) is 4. The minimum Gasteiger partial charge on any atom is -0.330 e. The quantitative estimate of drug-likeness (QED) is 0.593. The van der Waals surface area contributed by atoms with Gasteiger partial charge in [-0.3, -0.25) is 14.5 Å². The van der Waals surface area contributed by atoms with Crippen LogP contribution in [0.4, 0.5) is 26.3 Å². The van der Waals surface area contributed by atoms with Crippen LogP contribution in [0.5, 0.6) is 0 Å². The number of likely N-dealkylation sites (tertiary alicyclic amines) is 3. The SMILES string of the molecule is C[C@H](c1cc(C(F)(F)F)cc(C(F)(F)F)c1)N1C(=O)[C@H]2C[C@H]1CN2C[C@H](N)C(=O)N1[C@H](C#N)C[C@@H]2C[C@@H]21. The summed E-state index contributed by atoms with van der Waals surface area (Å²) in [5.41, 5.74) is 3.06. The van der Waals surface area contributed by atoms with E-state index in [0.29, 0.717) is 37.4 Å². The molecule has 2 N–H and O–H groups in total. The summed E-state index contributed by atoms with van der Waals surface area (Å²) < 4.78 is 79.9. The largest absolute Gasteiger partial charge is 0.416 e. The molecule has 5 rings (SSSR count). The predicted molar refractivity (Wildman–Crippen MR) is 116 cm³/mol. The van der Waals surface area contributed by atoms with Crippen LogP contribution in [-0.4, -0.2) is 69.8 Å². The lowest BCUT2D eigenvalue weighted by Gasteiger charge is -2.39. The molecule has 0 spiro atoms. The van der Waals surface area contributed by atoms with Crippen LogP contribution in [0.25, 0.3) is 0 Å². The number of carbonyl (C=O) groups excluding carboxylic acids is 2. The van der Waals surface area contributed by atoms with Crippen molar-refractivity contribution in [3.8, 4) is 6.07 Å². The van der Waals surface area contributed by atoms with Crippen LogP contribution in [0.1, 0.15) is 48.9 Å². The number of carbonyl (C=O) groups is 2. The van der Waals surface area contributed by atoms with E-state index in [2.05, 4.69) is 6.07 Å². The molecule has 13 heteroatoms. The summed E-state index contributed by atoms with van der Waals surface area (Å²) in [6, 6.07) is -0.0555. The molecule has 0 unspecified atom stereocenters. The number of alkyl halides is 6. The van der Waals surface area contributed by atoms with Crippen LogP contribution in [-0.2, 0) is 21.9 Å². The summed E-state index contributed by atoms with van der Waals surface area (Å²) in [5.74, 6) is -0.442. The summed E-state index contributed by atoms with van der Waals surface area (Å²) in [5, 5.41) is 9.34. The highest BCUT2D eigenvalue weighted by molar-refractivity contribution is 5.87. The van der Waals surface area contributed by atoms with Crippen molar-refractivity contribution in [1.29, 1.82) is 5.26 Å². The number of hydrogen-bond acceptors (Lipinski definition) is 5. The van der Waals surface area contributed by atoms with E-state index >= 15 is 0 Å². The first-order chi connectivity index (χ1) is 17.2. The maximum atomic E-state index is 13.3. The first kappa shape index (κ1) is 25.8. The Morgan fingerprint density at radius 2 is 1.73 bits per heavy atom. The number of rotatable bonds is 5. The molecule has 7 nitrogen and oxygen atoms in total. The van der Waals surface area contributed by atoms with E-state index in [1.165, 1.54) is 11.8 Å². The number of amides is 2. The van der Waals surface area contributed by atoms with Gasteiger partial charge in [-0.25, -0.2) is 0 Å². The van der Waals surface area contributed by atoms with Crippen LogP contribution in [0.3, 0.4) is 0 Å². The fourth-order valence-corrected chi connectivity index (χ4v) is 6.19. The zero-order valence-electron chi connectivity index (χ0n) is 19.8. The van der Waals surface area contributed by atoms with Gasteiger partial charge in [0, 0.05) is 25.2 Å². The van der Waals surface area contributed by atoms with Gasteiger partial charge in [-0.2, -0.15) is 31.6 Å². The second-order valence-electron chi connectivity index (χ2n) is 10.4. The van der Waals surface area contributed by atoms with Crippen LogP contribution < -0.4 is 5.73 Å². The number of piperidine rings is 1. The predicted octanol–water partition coefficient (Wildman–Crippen LogP) is 2.91. The van der Waals surface area contributed by atoms with Crippen LogP contribution in [0.15, 0.2) is 18.2 Å². The Morgan fingerprint density at radius 1 is 1.11 bits per heavy atom. The molecule has 3 aliphatic heterocycles. The molecule has 1 saturated carbocycles. The third kappa shape index (κ3) is 4.44. The van der Waals surface area contributed by atoms with Crippen LogP contribution in [0, 0.1) is 17.2 Å². The number of hydrogen-bond donors (Lipinski definition) is 1. The van der Waals surface area contributed by atoms with Crippen molar-refractivity contribution in [3.63, 3.8) is 0 Å². The summed E-state index contributed by atoms with van der Waals surface area (Å²) in [4.78, 5) is 30.8. The third-order valence-corrected chi connectivity index (χ3v) is 8.08. The molecule has 4 aliphatic rings. The van der Waals surface area contributed by atoms with Crippen molar-refractivity contribution in [2.24, 2.45) is 11.7 Å². The normalized spacial score (nSPS) is 30.9. The van der Waals surface area contributed by atoms with Crippen LogP contribution >= 0.6 is 0 Å². The Labute approximate surface area is 208 Å². The fourth-order valence-electron chi connectivity index (χ4n) is 6.19. The summed E-state index contributed by atoms with van der Waals surface area (Å²) in [7, 11) is 0. The first-order valence-corrected chi connectivity index (χ1v) is 12.0. The highest BCUT2D eigenvalue weighted by Crippen LogP contribution is 2.48. The van der Waals surface area contributed by atoms with Gasteiger partial charge in [-0.1, -0.05) is 0 Å². The lowest BCUT2D eigenvalue weighted by atomic mass is 9.98. The molecule has 1 aromatic carbocycles. The average molecular weight is 529 g/mol. The number of nitriles is 1. The third-order valence-electron chi connectivity index (χ3n) is 8.08. The number of nitrogens with two attached hydrogens (primary N) is 1. The molecule has 200 valence electrons. The van der Waals surface area contributed by atoms with Crippen molar-refractivity contribution in [1.82, 2.24) is 14.7 Å². The maximum absolute atomic E-state index is 13.3. The molecule has 2 bridgehead atoms. The standard InChI is InChI=1S/C24H25F6N5O2/c1-11(12-2-14(23(25,26)27)6-15(3-12)24(28,29)30)34-17-7-20(22(34)37)33(9-17)10-18(32)21(36)35-16(8-31)4-13-5-19(13)35/h2-3,6,11,13,16-20H,4-5,7,9-10,32H2,1H3/t11-,13-,16+,17+,18+,19+,20-/m1/s1. The second-order valence-corrected chi connectivity index (χ2v) is 10.4. The average Bonchev–Trinajstić information content (AvgIpc) is 3.15. The minimum absolute atomic E-state index is 0.0326. The Balaban J connectivity index is 1.30. The monoisotopic (exact) mass is 529 g/mol. The van der Waals surface area contributed by atoms with E-state index in [4.69, 9.17) is 5.73 Å². The lowest BCUT2D eigenvalue weighted by Crippen LogP contribution is -2.57. The topological polar surface area (TPSA) is 93.7 Å². The van der Waals surface area contributed by atoms with Crippen molar-refractivity contribution in [3.05, 3.63) is 34.9 Å². The van der Waals surface area contributed by atoms with E-state index in [1.807, 2.05) is 0 Å². The molecule has 1 aromatic rings. The van der Waals surface area contributed by atoms with Gasteiger partial charge in [-0.05, 0) is 55.9 Å².